The zero-order chi connectivity index (χ0) is 38.5. The van der Waals surface area contributed by atoms with Crippen molar-refractivity contribution in [3.63, 3.8) is 0 Å². The van der Waals surface area contributed by atoms with Crippen LogP contribution in [-0.4, -0.2) is 57.6 Å². The first kappa shape index (κ1) is 38.1. The van der Waals surface area contributed by atoms with Gasteiger partial charge in [-0.1, -0.05) is 54.5 Å². The van der Waals surface area contributed by atoms with E-state index in [1.807, 2.05) is 18.2 Å². The predicted molar refractivity (Wildman–Crippen MR) is 200 cm³/mol. The number of aliphatic carboxylic acids is 1. The highest BCUT2D eigenvalue weighted by atomic mass is 16.6. The van der Waals surface area contributed by atoms with Crippen LogP contribution in [-0.2, 0) is 30.4 Å². The monoisotopic (exact) mass is 730 g/mol. The van der Waals surface area contributed by atoms with Gasteiger partial charge in [0.1, 0.15) is 12.2 Å². The van der Waals surface area contributed by atoms with Crippen molar-refractivity contribution >= 4 is 23.8 Å². The Labute approximate surface area is 316 Å². The second-order valence-corrected chi connectivity index (χ2v) is 20.1. The zero-order valence-corrected chi connectivity index (χ0v) is 33.5. The fourth-order valence-electron chi connectivity index (χ4n) is 13.5. The number of fused-ring (bicyclic) bond motifs is 7. The number of aromatic nitrogens is 1. The maximum Gasteiger partial charge on any atom is 0.410 e. The average molecular weight is 731 g/mol. The number of cyclic esters (lactones) is 1. The summed E-state index contributed by atoms with van der Waals surface area (Å²) < 4.78 is 12.5. The third kappa shape index (κ3) is 5.62. The quantitative estimate of drug-likeness (QED) is 0.264. The normalized spacial score (nSPS) is 39.2. The predicted octanol–water partition coefficient (Wildman–Crippen LogP) is 8.80. The van der Waals surface area contributed by atoms with Gasteiger partial charge in [-0.05, 0) is 128 Å². The standard InChI is InChI=1S/C44H62N2O7/c1-26(2)35-29(47)22-44(33-25-46(38(51)53-33)24-27-12-10-11-21-45-27)20-19-42(8)28(36(35)44)13-14-31-41(7)17-16-32(52-34(48)23-39(3,4)37(49)50)40(5,6)30(41)15-18-43(31,42)9/h10-12,21,26,28,30-33H,13-20,22-25H2,1-9H3,(H,49,50)/t28-,30-,31-,32+,33+,41+,42-,43-,44?/m1/s1. The van der Waals surface area contributed by atoms with E-state index in [9.17, 15) is 24.3 Å². The topological polar surface area (TPSA) is 123 Å². The molecule has 5 aliphatic carbocycles. The van der Waals surface area contributed by atoms with Gasteiger partial charge in [-0.15, -0.1) is 0 Å². The van der Waals surface area contributed by atoms with Crippen LogP contribution < -0.4 is 0 Å². The third-order valence-electron chi connectivity index (χ3n) is 16.4. The first-order chi connectivity index (χ1) is 24.7. The van der Waals surface area contributed by atoms with E-state index in [0.717, 1.165) is 62.6 Å². The summed E-state index contributed by atoms with van der Waals surface area (Å²) in [5.41, 5.74) is 1.30. The lowest BCUT2D eigenvalue weighted by atomic mass is 9.33. The molecule has 7 rings (SSSR count). The number of esters is 1. The van der Waals surface area contributed by atoms with Crippen molar-refractivity contribution < 1.29 is 33.8 Å². The molecule has 1 aliphatic heterocycles. The molecular formula is C44H62N2O7. The number of pyridine rings is 1. The largest absolute Gasteiger partial charge is 0.481 e. The second-order valence-electron chi connectivity index (χ2n) is 20.1. The van der Waals surface area contributed by atoms with Crippen LogP contribution in [0.25, 0.3) is 0 Å². The first-order valence-electron chi connectivity index (χ1n) is 20.3. The SMILES string of the molecule is CC(C)C1=C2[C@H]3CC[C@@H]4[C@@]5(C)CC[C@H](OC(=O)CC(C)(C)C(=O)O)C(C)(C)[C@H]5CC[C@@]4(C)[C@]3(C)CCC2([C@@H]2CN(Cc3ccccn3)C(=O)O2)CC1=O. The van der Waals surface area contributed by atoms with Gasteiger partial charge < -0.3 is 14.6 Å². The van der Waals surface area contributed by atoms with E-state index in [-0.39, 0.29) is 64.0 Å². The number of carbonyl (C=O) groups is 4. The molecule has 290 valence electrons. The smallest absolute Gasteiger partial charge is 0.410 e. The van der Waals surface area contributed by atoms with Crippen molar-refractivity contribution in [2.24, 2.45) is 56.2 Å². The summed E-state index contributed by atoms with van der Waals surface area (Å²) in [7, 11) is 0. The lowest BCUT2D eigenvalue weighted by Gasteiger charge is -2.72. The fourth-order valence-corrected chi connectivity index (χ4v) is 13.5. The maximum atomic E-state index is 14.2. The van der Waals surface area contributed by atoms with Crippen LogP contribution in [0.5, 0.6) is 0 Å². The minimum atomic E-state index is -1.17. The van der Waals surface area contributed by atoms with Gasteiger partial charge in [0, 0.05) is 23.4 Å². The van der Waals surface area contributed by atoms with Gasteiger partial charge in [0.25, 0.3) is 0 Å². The molecule has 53 heavy (non-hydrogen) atoms. The molecule has 2 heterocycles. The minimum Gasteiger partial charge on any atom is -0.481 e. The molecular weight excluding hydrogens is 668 g/mol. The molecule has 9 atom stereocenters. The highest BCUT2D eigenvalue weighted by Crippen LogP contribution is 2.77. The Bertz CT molecular complexity index is 1720. The van der Waals surface area contributed by atoms with Gasteiger partial charge in [-0.3, -0.25) is 24.3 Å². The number of rotatable bonds is 8. The summed E-state index contributed by atoms with van der Waals surface area (Å²) in [6.07, 6.45) is 8.87. The lowest BCUT2D eigenvalue weighted by molar-refractivity contribution is -0.234. The van der Waals surface area contributed by atoms with Crippen molar-refractivity contribution in [3.05, 3.63) is 41.2 Å². The molecule has 0 radical (unpaired) electrons. The highest BCUT2D eigenvalue weighted by molar-refractivity contribution is 6.01. The molecule has 9 heteroatoms. The molecule has 9 nitrogen and oxygen atoms in total. The Kier molecular flexibility index (Phi) is 9.09. The molecule has 0 spiro atoms. The van der Waals surface area contributed by atoms with Crippen LogP contribution >= 0.6 is 0 Å². The van der Waals surface area contributed by atoms with Gasteiger partial charge >= 0.3 is 18.0 Å². The molecule has 0 aromatic carbocycles. The number of allylic oxidation sites excluding steroid dienone is 1. The number of carboxylic acids is 1. The van der Waals surface area contributed by atoms with Crippen LogP contribution in [0.2, 0.25) is 0 Å². The van der Waals surface area contributed by atoms with Crippen molar-refractivity contribution in [1.82, 2.24) is 9.88 Å². The van der Waals surface area contributed by atoms with Crippen LogP contribution in [0.1, 0.15) is 132 Å². The van der Waals surface area contributed by atoms with Crippen molar-refractivity contribution in [2.75, 3.05) is 6.54 Å². The zero-order valence-electron chi connectivity index (χ0n) is 33.5. The molecule has 1 N–H and O–H groups in total. The Balaban J connectivity index is 1.17. The Morgan fingerprint density at radius 2 is 1.72 bits per heavy atom. The number of ether oxygens (including phenoxy) is 2. The molecule has 1 saturated heterocycles. The van der Waals surface area contributed by atoms with Crippen LogP contribution in [0.3, 0.4) is 0 Å². The summed E-state index contributed by atoms with van der Waals surface area (Å²) in [6, 6.07) is 5.74. The highest BCUT2D eigenvalue weighted by Gasteiger charge is 2.71. The molecule has 4 saturated carbocycles. The third-order valence-corrected chi connectivity index (χ3v) is 16.4. The van der Waals surface area contributed by atoms with E-state index in [0.29, 0.717) is 31.3 Å². The Morgan fingerprint density at radius 1 is 0.981 bits per heavy atom. The second kappa shape index (κ2) is 12.7. The summed E-state index contributed by atoms with van der Waals surface area (Å²) in [5.74, 6) is -0.00537. The molecule has 6 aliphatic rings. The van der Waals surface area contributed by atoms with Crippen LogP contribution in [0, 0.1) is 56.2 Å². The van der Waals surface area contributed by atoms with Gasteiger partial charge in [0.05, 0.1) is 30.6 Å². The number of Topliss-reactive ketones (excluding diaryl/α,β-unsaturated/α-hetero) is 1. The summed E-state index contributed by atoms with van der Waals surface area (Å²) in [4.78, 5) is 58.7. The van der Waals surface area contributed by atoms with E-state index < -0.39 is 22.8 Å². The van der Waals surface area contributed by atoms with Crippen molar-refractivity contribution in [3.8, 4) is 0 Å². The number of nitrogens with zero attached hydrogens (tertiary/aromatic N) is 2. The summed E-state index contributed by atoms with van der Waals surface area (Å²) in [6.45, 7) is 20.5. The minimum absolute atomic E-state index is 0.0282. The number of carbonyl (C=O) groups excluding carboxylic acids is 3. The van der Waals surface area contributed by atoms with Gasteiger partial charge in [-0.25, -0.2) is 4.79 Å². The summed E-state index contributed by atoms with van der Waals surface area (Å²) >= 11 is 0. The summed E-state index contributed by atoms with van der Waals surface area (Å²) in [5, 5.41) is 9.62. The van der Waals surface area contributed by atoms with Gasteiger partial charge in [0.15, 0.2) is 5.78 Å². The van der Waals surface area contributed by atoms with E-state index in [1.165, 1.54) is 5.57 Å². The maximum absolute atomic E-state index is 14.2. The number of carboxylic acid groups (broad SMARTS) is 1. The molecule has 0 bridgehead atoms. The van der Waals surface area contributed by atoms with Crippen molar-refractivity contribution in [2.45, 2.75) is 145 Å². The number of hydrogen-bond acceptors (Lipinski definition) is 7. The molecule has 5 fully saturated rings. The average Bonchev–Trinajstić information content (AvgIpc) is 3.59. The van der Waals surface area contributed by atoms with Crippen LogP contribution in [0.4, 0.5) is 4.79 Å². The van der Waals surface area contributed by atoms with E-state index in [1.54, 1.807) is 24.9 Å². The van der Waals surface area contributed by atoms with Gasteiger partial charge in [-0.2, -0.15) is 0 Å². The van der Waals surface area contributed by atoms with E-state index in [2.05, 4.69) is 53.5 Å². The van der Waals surface area contributed by atoms with Crippen LogP contribution in [0.15, 0.2) is 35.5 Å². The molecule has 1 aromatic heterocycles. The molecule has 1 amide bonds. The Hall–Kier alpha value is -3.23. The fraction of sp³-hybridized carbons (Fsp3) is 0.750. The Morgan fingerprint density at radius 3 is 2.38 bits per heavy atom. The van der Waals surface area contributed by atoms with Crippen molar-refractivity contribution in [1.29, 1.82) is 0 Å². The lowest BCUT2D eigenvalue weighted by Crippen LogP contribution is -2.66. The van der Waals surface area contributed by atoms with E-state index in [4.69, 9.17) is 9.47 Å². The molecule has 1 aromatic rings. The van der Waals surface area contributed by atoms with E-state index >= 15 is 0 Å². The molecule has 1 unspecified atom stereocenters. The first-order valence-corrected chi connectivity index (χ1v) is 20.3. The number of hydrogen-bond donors (Lipinski definition) is 1. The number of amides is 1. The number of ketones is 1. The van der Waals surface area contributed by atoms with Gasteiger partial charge in [0.2, 0.25) is 0 Å².